The van der Waals surface area contributed by atoms with Crippen LogP contribution in [0.2, 0.25) is 0 Å². The first-order valence-electron chi connectivity index (χ1n) is 33.1. The van der Waals surface area contributed by atoms with E-state index in [1.54, 1.807) is 6.08 Å². The molecule has 0 aliphatic rings. The van der Waals surface area contributed by atoms with Gasteiger partial charge in [-0.15, -0.1) is 0 Å². The van der Waals surface area contributed by atoms with E-state index in [4.69, 9.17) is 9.05 Å². The van der Waals surface area contributed by atoms with E-state index >= 15 is 0 Å². The quantitative estimate of drug-likeness (QED) is 0.0272. The molecule has 0 aromatic carbocycles. The third-order valence-corrected chi connectivity index (χ3v) is 16.5. The second-order valence-corrected chi connectivity index (χ2v) is 25.6. The fourth-order valence-corrected chi connectivity index (χ4v) is 11.1. The molecule has 0 saturated carbocycles. The van der Waals surface area contributed by atoms with E-state index in [0.717, 1.165) is 38.5 Å². The third-order valence-electron chi connectivity index (χ3n) is 15.5. The fraction of sp³-hybridized carbons (Fsp3) is 0.954. The predicted octanol–water partition coefficient (Wildman–Crippen LogP) is 19.9. The van der Waals surface area contributed by atoms with Crippen molar-refractivity contribution in [3.8, 4) is 0 Å². The van der Waals surface area contributed by atoms with Crippen LogP contribution in [0.5, 0.6) is 0 Å². The zero-order valence-corrected chi connectivity index (χ0v) is 51.5. The minimum absolute atomic E-state index is 0.00292. The average Bonchev–Trinajstić information content (AvgIpc) is 3.36. The minimum Gasteiger partial charge on any atom is -0.756 e. The summed E-state index contributed by atoms with van der Waals surface area (Å²) in [5.74, 6) is -0.188. The molecule has 0 aliphatic heterocycles. The normalized spacial score (nSPS) is 13.8. The molecular weight excluding hydrogens is 936 g/mol. The Labute approximate surface area is 462 Å². The summed E-state index contributed by atoms with van der Waals surface area (Å²) in [6.45, 7) is 4.72. The Balaban J connectivity index is 4.07. The number of allylic oxidation sites excluding steroid dienone is 1. The highest BCUT2D eigenvalue weighted by atomic mass is 31.2. The van der Waals surface area contributed by atoms with Gasteiger partial charge in [0.2, 0.25) is 5.91 Å². The number of phosphoric acid groups is 1. The van der Waals surface area contributed by atoms with E-state index in [2.05, 4.69) is 19.2 Å². The van der Waals surface area contributed by atoms with Gasteiger partial charge in [0.05, 0.1) is 39.9 Å². The first kappa shape index (κ1) is 73.2. The minimum atomic E-state index is -4.60. The SMILES string of the molecule is CCCCCCCCCCCCCCCCCCCCCCCCCCCCC/C=C/C(O)C(COP(=O)([O-])OCC[N+](C)(C)C)NC(=O)CCCCCCCCCCCCCCCCCCCCCCCCC. The zero-order valence-electron chi connectivity index (χ0n) is 50.6. The van der Waals surface area contributed by atoms with Gasteiger partial charge >= 0.3 is 0 Å². The van der Waals surface area contributed by atoms with Crippen LogP contribution in [0.3, 0.4) is 0 Å². The van der Waals surface area contributed by atoms with Gasteiger partial charge in [0.25, 0.3) is 7.82 Å². The molecule has 0 aromatic heterocycles. The van der Waals surface area contributed by atoms with Crippen molar-refractivity contribution in [2.24, 2.45) is 0 Å². The van der Waals surface area contributed by atoms with E-state index in [1.807, 2.05) is 27.2 Å². The molecule has 0 saturated heterocycles. The van der Waals surface area contributed by atoms with Crippen molar-refractivity contribution >= 4 is 13.7 Å². The Bertz CT molecular complexity index is 1210. The lowest BCUT2D eigenvalue weighted by Crippen LogP contribution is -2.45. The molecule has 0 bridgehead atoms. The molecule has 0 rings (SSSR count). The predicted molar refractivity (Wildman–Crippen MR) is 321 cm³/mol. The van der Waals surface area contributed by atoms with Crippen molar-refractivity contribution in [3.63, 3.8) is 0 Å². The van der Waals surface area contributed by atoms with Crippen LogP contribution in [-0.4, -0.2) is 68.5 Å². The number of carbonyl (C=O) groups is 1. The Kier molecular flexibility index (Phi) is 56.4. The monoisotopic (exact) mass is 1070 g/mol. The third kappa shape index (κ3) is 58.9. The second-order valence-electron chi connectivity index (χ2n) is 24.2. The highest BCUT2D eigenvalue weighted by Gasteiger charge is 2.23. The molecule has 0 spiro atoms. The van der Waals surface area contributed by atoms with Crippen LogP contribution in [-0.2, 0) is 18.4 Å². The molecule has 0 aromatic rings. The summed E-state index contributed by atoms with van der Waals surface area (Å²) in [7, 11) is 1.28. The van der Waals surface area contributed by atoms with Gasteiger partial charge in [-0.05, 0) is 19.3 Å². The first-order chi connectivity index (χ1) is 36.0. The van der Waals surface area contributed by atoms with Crippen LogP contribution in [0.4, 0.5) is 0 Å². The summed E-state index contributed by atoms with van der Waals surface area (Å²) in [6, 6.07) is -0.883. The lowest BCUT2D eigenvalue weighted by molar-refractivity contribution is -0.870. The van der Waals surface area contributed by atoms with Gasteiger partial charge in [-0.2, -0.15) is 0 Å². The average molecular weight is 1070 g/mol. The van der Waals surface area contributed by atoms with Gasteiger partial charge in [-0.1, -0.05) is 334 Å². The van der Waals surface area contributed by atoms with E-state index in [1.165, 1.54) is 289 Å². The number of hydrogen-bond acceptors (Lipinski definition) is 6. The van der Waals surface area contributed by atoms with E-state index in [9.17, 15) is 19.4 Å². The number of hydrogen-bond donors (Lipinski definition) is 2. The van der Waals surface area contributed by atoms with Crippen molar-refractivity contribution in [1.82, 2.24) is 5.32 Å². The molecule has 3 atom stereocenters. The number of nitrogens with zero attached hydrogens (tertiary/aromatic N) is 1. The Hall–Kier alpha value is -0.760. The van der Waals surface area contributed by atoms with Crippen LogP contribution in [0, 0.1) is 0 Å². The number of unbranched alkanes of at least 4 members (excludes halogenated alkanes) is 49. The summed E-state index contributed by atoms with van der Waals surface area (Å²) in [5, 5.41) is 14.0. The van der Waals surface area contributed by atoms with Gasteiger partial charge in [0, 0.05) is 6.42 Å². The molecule has 3 unspecified atom stereocenters. The molecule has 9 heteroatoms. The van der Waals surface area contributed by atoms with Crippen LogP contribution >= 0.6 is 7.82 Å². The Morgan fingerprint density at radius 1 is 0.459 bits per heavy atom. The summed E-state index contributed by atoms with van der Waals surface area (Å²) < 4.78 is 23.4. The largest absolute Gasteiger partial charge is 0.756 e. The molecule has 0 fully saturated rings. The van der Waals surface area contributed by atoms with Crippen molar-refractivity contribution < 1.29 is 32.9 Å². The number of likely N-dealkylation sites (N-methyl/N-ethyl adjacent to an activating group) is 1. The first-order valence-corrected chi connectivity index (χ1v) is 34.5. The van der Waals surface area contributed by atoms with E-state index in [0.29, 0.717) is 17.4 Å². The van der Waals surface area contributed by atoms with Crippen LogP contribution in [0.1, 0.15) is 348 Å². The van der Waals surface area contributed by atoms with Crippen molar-refractivity contribution in [3.05, 3.63) is 12.2 Å². The Morgan fingerprint density at radius 2 is 0.730 bits per heavy atom. The fourth-order valence-electron chi connectivity index (χ4n) is 10.3. The summed E-state index contributed by atoms with van der Waals surface area (Å²) in [4.78, 5) is 25.6. The topological polar surface area (TPSA) is 108 Å². The van der Waals surface area contributed by atoms with Crippen molar-refractivity contribution in [2.75, 3.05) is 40.9 Å². The van der Waals surface area contributed by atoms with Gasteiger partial charge in [0.15, 0.2) is 0 Å². The number of carbonyl (C=O) groups excluding carboxylic acids is 1. The van der Waals surface area contributed by atoms with Crippen molar-refractivity contribution in [2.45, 2.75) is 360 Å². The smallest absolute Gasteiger partial charge is 0.268 e. The maximum Gasteiger partial charge on any atom is 0.268 e. The highest BCUT2D eigenvalue weighted by molar-refractivity contribution is 7.45. The van der Waals surface area contributed by atoms with Crippen molar-refractivity contribution in [1.29, 1.82) is 0 Å². The number of phosphoric ester groups is 1. The maximum absolute atomic E-state index is 13.0. The zero-order chi connectivity index (χ0) is 54.2. The molecule has 442 valence electrons. The number of amides is 1. The van der Waals surface area contributed by atoms with Crippen LogP contribution in [0.15, 0.2) is 12.2 Å². The van der Waals surface area contributed by atoms with Gasteiger partial charge in [0.1, 0.15) is 13.2 Å². The van der Waals surface area contributed by atoms with Gasteiger partial charge in [-0.25, -0.2) is 0 Å². The second kappa shape index (κ2) is 56.9. The van der Waals surface area contributed by atoms with Gasteiger partial charge in [-0.3, -0.25) is 9.36 Å². The summed E-state index contributed by atoms with van der Waals surface area (Å²) in [5.41, 5.74) is 0. The van der Waals surface area contributed by atoms with Crippen LogP contribution < -0.4 is 10.2 Å². The number of rotatable bonds is 62. The molecule has 2 N–H and O–H groups in total. The highest BCUT2D eigenvalue weighted by Crippen LogP contribution is 2.38. The van der Waals surface area contributed by atoms with E-state index < -0.39 is 20.0 Å². The molecule has 1 amide bonds. The molecular formula is C65H131N2O6P. The lowest BCUT2D eigenvalue weighted by atomic mass is 10.0. The number of quaternary nitrogens is 1. The number of aliphatic hydroxyl groups is 1. The molecule has 0 heterocycles. The lowest BCUT2D eigenvalue weighted by Gasteiger charge is -2.29. The Morgan fingerprint density at radius 3 is 1.01 bits per heavy atom. The molecule has 0 radical (unpaired) electrons. The maximum atomic E-state index is 13.0. The van der Waals surface area contributed by atoms with E-state index in [-0.39, 0.29) is 19.1 Å². The number of nitrogens with one attached hydrogen (secondary N) is 1. The number of aliphatic hydroxyl groups excluding tert-OH is 1. The molecule has 0 aliphatic carbocycles. The summed E-state index contributed by atoms with van der Waals surface area (Å²) >= 11 is 0. The summed E-state index contributed by atoms with van der Waals surface area (Å²) in [6.07, 6.45) is 71.7. The molecule has 74 heavy (non-hydrogen) atoms. The standard InChI is InChI=1S/C65H131N2O6P/c1-6-8-10-12-14-16-18-20-22-24-26-28-30-31-32-33-34-35-37-38-40-42-44-46-48-50-52-54-56-58-64(68)63(62-73-74(70,71)72-61-60-67(3,4)5)66-65(69)59-57-55-53-51-49-47-45-43-41-39-36-29-27-25-23-21-19-17-15-13-11-9-7-2/h56,58,63-64,68H,6-55,57,59-62H2,1-5H3,(H-,66,69,70,71)/b58-56+. The van der Waals surface area contributed by atoms with Crippen LogP contribution in [0.25, 0.3) is 0 Å². The molecule has 8 nitrogen and oxygen atoms in total. The van der Waals surface area contributed by atoms with Gasteiger partial charge < -0.3 is 28.8 Å².